The van der Waals surface area contributed by atoms with Crippen LogP contribution in [0.3, 0.4) is 0 Å². The van der Waals surface area contributed by atoms with Crippen LogP contribution in [0.1, 0.15) is 24.8 Å². The Balaban J connectivity index is 1.23. The van der Waals surface area contributed by atoms with Crippen LogP contribution >= 0.6 is 11.3 Å². The maximum Gasteiger partial charge on any atom is 0.275 e. The molecule has 2 heterocycles. The molecule has 1 aromatic heterocycles. The highest BCUT2D eigenvalue weighted by molar-refractivity contribution is 7.18. The van der Waals surface area contributed by atoms with Gasteiger partial charge in [0.2, 0.25) is 0 Å². The third-order valence-electron chi connectivity index (χ3n) is 5.53. The van der Waals surface area contributed by atoms with Crippen LogP contribution in [0.2, 0.25) is 0 Å². The van der Waals surface area contributed by atoms with E-state index in [1.54, 1.807) is 4.90 Å². The van der Waals surface area contributed by atoms with Gasteiger partial charge in [0.1, 0.15) is 37.7 Å². The van der Waals surface area contributed by atoms with E-state index >= 15 is 0 Å². The van der Waals surface area contributed by atoms with Crippen LogP contribution in [0.15, 0.2) is 24.3 Å². The number of piperazine rings is 1. The van der Waals surface area contributed by atoms with Gasteiger partial charge in [0, 0.05) is 6.04 Å². The lowest BCUT2D eigenvalue weighted by atomic mass is 10.2. The maximum atomic E-state index is 12.2. The van der Waals surface area contributed by atoms with Crippen LogP contribution in [-0.2, 0) is 11.3 Å². The molecule has 0 unspecified atom stereocenters. The molecule has 0 bridgehead atoms. The number of aromatic nitrogens is 1. The number of nitrogens with one attached hydrogen (secondary N) is 3. The molecule has 0 spiro atoms. The molecule has 2 aromatic rings. The van der Waals surface area contributed by atoms with Gasteiger partial charge in [-0.25, -0.2) is 4.98 Å². The first-order chi connectivity index (χ1) is 12.2. The Kier molecular flexibility index (Phi) is 5.01. The van der Waals surface area contributed by atoms with Gasteiger partial charge in [0.25, 0.3) is 5.91 Å². The van der Waals surface area contributed by atoms with E-state index in [4.69, 9.17) is 4.98 Å². The number of benzene rings is 1. The van der Waals surface area contributed by atoms with Gasteiger partial charge in [-0.1, -0.05) is 12.1 Å². The van der Waals surface area contributed by atoms with Crippen LogP contribution in [0.4, 0.5) is 0 Å². The van der Waals surface area contributed by atoms with E-state index in [-0.39, 0.29) is 5.91 Å². The fraction of sp³-hybridized carbons (Fsp3) is 0.579. The van der Waals surface area contributed by atoms with Crippen molar-refractivity contribution < 1.29 is 14.6 Å². The van der Waals surface area contributed by atoms with E-state index in [9.17, 15) is 4.79 Å². The summed E-state index contributed by atoms with van der Waals surface area (Å²) in [6.07, 6.45) is 2.56. The molecule has 3 N–H and O–H groups in total. The van der Waals surface area contributed by atoms with E-state index in [1.807, 2.05) is 11.3 Å². The molecule has 134 valence electrons. The largest absolute Gasteiger partial charge is 0.348 e. The summed E-state index contributed by atoms with van der Waals surface area (Å²) < 4.78 is 1.28. The summed E-state index contributed by atoms with van der Waals surface area (Å²) in [5.74, 6) is 0.957. The molecule has 5 nitrogen and oxygen atoms in total. The minimum atomic E-state index is 0.226. The van der Waals surface area contributed by atoms with Crippen molar-refractivity contribution in [3.05, 3.63) is 29.3 Å². The minimum Gasteiger partial charge on any atom is -0.348 e. The molecule has 2 fully saturated rings. The normalized spacial score (nSPS) is 25.0. The zero-order valence-corrected chi connectivity index (χ0v) is 15.7. The summed E-state index contributed by atoms with van der Waals surface area (Å²) in [7, 11) is 0. The number of para-hydroxylation sites is 1. The van der Waals surface area contributed by atoms with Crippen LogP contribution in [0, 0.1) is 5.92 Å². The number of hydrogen-bond acceptors (Lipinski definition) is 3. The van der Waals surface area contributed by atoms with Gasteiger partial charge in [0.05, 0.1) is 10.2 Å². The van der Waals surface area contributed by atoms with Crippen molar-refractivity contribution >= 4 is 27.5 Å². The Bertz CT molecular complexity index is 701. The third-order valence-corrected chi connectivity index (χ3v) is 6.57. The lowest BCUT2D eigenvalue weighted by molar-refractivity contribution is -1.02. The zero-order valence-electron chi connectivity index (χ0n) is 14.9. The summed E-state index contributed by atoms with van der Waals surface area (Å²) in [6.45, 7) is 8.18. The summed E-state index contributed by atoms with van der Waals surface area (Å²) in [6, 6.07) is 8.73. The molecule has 2 aliphatic rings. The highest BCUT2D eigenvalue weighted by Gasteiger charge is 2.30. The summed E-state index contributed by atoms with van der Waals surface area (Å²) in [5.41, 5.74) is 1.12. The first kappa shape index (κ1) is 16.9. The number of thiazole rings is 1. The SMILES string of the molecule is C[C@@H](NC(=O)C[NH+]1CC[NH+](Cc2nc3ccccc3s2)CC1)C1CC1. The molecule has 1 amide bonds. The lowest BCUT2D eigenvalue weighted by Gasteiger charge is -2.29. The van der Waals surface area contributed by atoms with Gasteiger partial charge in [0.15, 0.2) is 6.54 Å². The Morgan fingerprint density at radius 2 is 1.96 bits per heavy atom. The van der Waals surface area contributed by atoms with E-state index in [0.29, 0.717) is 12.6 Å². The molecule has 1 atom stereocenters. The number of hydrogen-bond donors (Lipinski definition) is 3. The number of fused-ring (bicyclic) bond motifs is 1. The average molecular weight is 361 g/mol. The van der Waals surface area contributed by atoms with Gasteiger partial charge >= 0.3 is 0 Å². The Hall–Kier alpha value is -1.50. The molecule has 0 radical (unpaired) electrons. The molecule has 1 aliphatic heterocycles. The minimum absolute atomic E-state index is 0.226. The van der Waals surface area contributed by atoms with Gasteiger partial charge in [-0.05, 0) is 37.8 Å². The first-order valence-electron chi connectivity index (χ1n) is 9.48. The van der Waals surface area contributed by atoms with Gasteiger partial charge in [-0.2, -0.15) is 0 Å². The van der Waals surface area contributed by atoms with E-state index < -0.39 is 0 Å². The highest BCUT2D eigenvalue weighted by atomic mass is 32.1. The molecule has 1 saturated carbocycles. The summed E-state index contributed by atoms with van der Waals surface area (Å²) >= 11 is 1.81. The van der Waals surface area contributed by atoms with Crippen LogP contribution in [-0.4, -0.2) is 49.7 Å². The molecule has 4 rings (SSSR count). The first-order valence-corrected chi connectivity index (χ1v) is 10.3. The third kappa shape index (κ3) is 4.37. The van der Waals surface area contributed by atoms with E-state index in [1.165, 1.54) is 27.4 Å². The van der Waals surface area contributed by atoms with Crippen molar-refractivity contribution in [2.75, 3.05) is 32.7 Å². The number of carbonyl (C=O) groups is 1. The predicted octanol–water partition coefficient (Wildman–Crippen LogP) is -0.506. The highest BCUT2D eigenvalue weighted by Crippen LogP contribution is 2.32. The van der Waals surface area contributed by atoms with Crippen molar-refractivity contribution in [3.8, 4) is 0 Å². The fourth-order valence-electron chi connectivity index (χ4n) is 3.77. The van der Waals surface area contributed by atoms with E-state index in [0.717, 1.165) is 44.2 Å². The monoisotopic (exact) mass is 360 g/mol. The number of rotatable bonds is 6. The number of carbonyl (C=O) groups excluding carboxylic acids is 1. The molecular formula is C19H28N4OS+2. The van der Waals surface area contributed by atoms with Gasteiger partial charge < -0.3 is 15.1 Å². The van der Waals surface area contributed by atoms with Crippen LogP contribution in [0.5, 0.6) is 0 Å². The second kappa shape index (κ2) is 7.40. The van der Waals surface area contributed by atoms with Crippen molar-refractivity contribution in [1.29, 1.82) is 0 Å². The number of amides is 1. The van der Waals surface area contributed by atoms with Crippen molar-refractivity contribution in [1.82, 2.24) is 10.3 Å². The van der Waals surface area contributed by atoms with Gasteiger partial charge in [-0.15, -0.1) is 11.3 Å². The van der Waals surface area contributed by atoms with Crippen molar-refractivity contribution in [3.63, 3.8) is 0 Å². The summed E-state index contributed by atoms with van der Waals surface area (Å²) in [5, 5.41) is 4.41. The Labute approximate surface area is 153 Å². The molecular weight excluding hydrogens is 332 g/mol. The Morgan fingerprint density at radius 3 is 2.68 bits per heavy atom. The smallest absolute Gasteiger partial charge is 0.275 e. The Morgan fingerprint density at radius 1 is 1.24 bits per heavy atom. The molecule has 1 aliphatic carbocycles. The second-order valence-corrected chi connectivity index (χ2v) is 8.74. The maximum absolute atomic E-state index is 12.2. The van der Waals surface area contributed by atoms with E-state index in [2.05, 4.69) is 36.5 Å². The number of quaternary nitrogens is 2. The predicted molar refractivity (Wildman–Crippen MR) is 99.9 cm³/mol. The standard InChI is InChI=1S/C19H26N4OS/c1-14(15-6-7-15)20-18(24)12-22-8-10-23(11-9-22)13-19-21-16-4-2-3-5-17(16)25-19/h2-5,14-15H,6-13H2,1H3,(H,20,24)/p+2/t14-/m1/s1. The fourth-order valence-corrected chi connectivity index (χ4v) is 4.81. The second-order valence-electron chi connectivity index (χ2n) is 7.62. The van der Waals surface area contributed by atoms with Crippen molar-refractivity contribution in [2.24, 2.45) is 5.92 Å². The quantitative estimate of drug-likeness (QED) is 0.650. The van der Waals surface area contributed by atoms with Gasteiger partial charge in [-0.3, -0.25) is 4.79 Å². The topological polar surface area (TPSA) is 50.9 Å². The molecule has 1 aromatic carbocycles. The summed E-state index contributed by atoms with van der Waals surface area (Å²) in [4.78, 5) is 20.0. The molecule has 25 heavy (non-hydrogen) atoms. The van der Waals surface area contributed by atoms with Crippen molar-refractivity contribution in [2.45, 2.75) is 32.4 Å². The number of nitrogens with zero attached hydrogens (tertiary/aromatic N) is 1. The molecule has 6 heteroatoms. The average Bonchev–Trinajstić information content (AvgIpc) is 3.37. The zero-order chi connectivity index (χ0) is 17.2. The van der Waals surface area contributed by atoms with Crippen LogP contribution in [0.25, 0.3) is 10.2 Å². The van der Waals surface area contributed by atoms with Crippen LogP contribution < -0.4 is 15.1 Å². The molecule has 1 saturated heterocycles. The lowest BCUT2D eigenvalue weighted by Crippen LogP contribution is -3.28.